The van der Waals surface area contributed by atoms with Crippen LogP contribution in [0.3, 0.4) is 0 Å². The summed E-state index contributed by atoms with van der Waals surface area (Å²) >= 11 is 1.44. The Balaban J connectivity index is 0.00000288. The number of benzene rings is 1. The van der Waals surface area contributed by atoms with E-state index in [1.807, 2.05) is 31.2 Å². The summed E-state index contributed by atoms with van der Waals surface area (Å²) in [5, 5.41) is 3.83. The van der Waals surface area contributed by atoms with E-state index in [1.54, 1.807) is 0 Å². The quantitative estimate of drug-likeness (QED) is 0.780. The number of nitrogens with zero attached hydrogens (tertiary/aromatic N) is 1. The average Bonchev–Trinajstić information content (AvgIpc) is 2.86. The van der Waals surface area contributed by atoms with E-state index in [0.29, 0.717) is 23.9 Å². The van der Waals surface area contributed by atoms with Crippen LogP contribution in [0.1, 0.15) is 34.2 Å². The summed E-state index contributed by atoms with van der Waals surface area (Å²) in [7, 11) is 0. The van der Waals surface area contributed by atoms with E-state index < -0.39 is 0 Å². The summed E-state index contributed by atoms with van der Waals surface area (Å²) in [5.41, 5.74) is 7.01. The van der Waals surface area contributed by atoms with E-state index in [1.165, 1.54) is 11.3 Å². The first-order chi connectivity index (χ1) is 11.0. The van der Waals surface area contributed by atoms with Crippen LogP contribution in [0.5, 0.6) is 5.75 Å². The van der Waals surface area contributed by atoms with Gasteiger partial charge in [0, 0.05) is 12.2 Å². The number of nitrogens with one attached hydrogen (secondary N) is 1. The maximum Gasteiger partial charge on any atom is 0.267 e. The number of aromatic nitrogens is 1. The standard InChI is InChI=1S/C17H23N3O2S.ClH/c1-11(2)10-15-16(23-12(3)19-15)17(21)20-13-4-6-14(7-5-13)22-9-8-18;/h4-7,11H,8-10,18H2,1-3H3,(H,20,21);1H. The van der Waals surface area contributed by atoms with Crippen molar-refractivity contribution in [2.75, 3.05) is 18.5 Å². The van der Waals surface area contributed by atoms with E-state index in [9.17, 15) is 4.79 Å². The molecule has 7 heteroatoms. The molecule has 0 saturated heterocycles. The first-order valence-corrected chi connectivity index (χ1v) is 8.51. The topological polar surface area (TPSA) is 77.2 Å². The third kappa shape index (κ3) is 5.78. The molecule has 132 valence electrons. The third-order valence-corrected chi connectivity index (χ3v) is 4.12. The summed E-state index contributed by atoms with van der Waals surface area (Å²) in [6, 6.07) is 7.27. The van der Waals surface area contributed by atoms with Gasteiger partial charge in [-0.15, -0.1) is 23.7 Å². The Hall–Kier alpha value is -1.63. The molecule has 0 fully saturated rings. The smallest absolute Gasteiger partial charge is 0.267 e. The van der Waals surface area contributed by atoms with Crippen molar-refractivity contribution in [3.63, 3.8) is 0 Å². The SMILES string of the molecule is Cc1nc(CC(C)C)c(C(=O)Nc2ccc(OCCN)cc2)s1.Cl. The van der Waals surface area contributed by atoms with E-state index >= 15 is 0 Å². The van der Waals surface area contributed by atoms with Crippen molar-refractivity contribution in [1.29, 1.82) is 0 Å². The molecule has 1 amide bonds. The second-order valence-corrected chi connectivity index (χ2v) is 6.93. The second kappa shape index (κ2) is 9.61. The van der Waals surface area contributed by atoms with Gasteiger partial charge in [-0.25, -0.2) is 4.98 Å². The Morgan fingerprint density at radius 1 is 1.33 bits per heavy atom. The highest BCUT2D eigenvalue weighted by molar-refractivity contribution is 7.13. The van der Waals surface area contributed by atoms with Crippen LogP contribution >= 0.6 is 23.7 Å². The van der Waals surface area contributed by atoms with Gasteiger partial charge in [0.1, 0.15) is 17.2 Å². The second-order valence-electron chi connectivity index (χ2n) is 5.72. The van der Waals surface area contributed by atoms with Crippen LogP contribution in [0.4, 0.5) is 5.69 Å². The zero-order chi connectivity index (χ0) is 16.8. The van der Waals surface area contributed by atoms with Crippen LogP contribution in [-0.2, 0) is 6.42 Å². The van der Waals surface area contributed by atoms with Crippen molar-refractivity contribution in [1.82, 2.24) is 4.98 Å². The maximum absolute atomic E-state index is 12.5. The first kappa shape index (κ1) is 20.4. The van der Waals surface area contributed by atoms with Crippen LogP contribution in [0.2, 0.25) is 0 Å². The van der Waals surface area contributed by atoms with Gasteiger partial charge in [-0.05, 0) is 43.5 Å². The van der Waals surface area contributed by atoms with Gasteiger partial charge in [-0.2, -0.15) is 0 Å². The lowest BCUT2D eigenvalue weighted by Crippen LogP contribution is -2.13. The first-order valence-electron chi connectivity index (χ1n) is 7.70. The molecule has 0 unspecified atom stereocenters. The molecule has 3 N–H and O–H groups in total. The molecule has 0 aliphatic heterocycles. The number of ether oxygens (including phenoxy) is 1. The Labute approximate surface area is 153 Å². The number of aryl methyl sites for hydroxylation is 1. The zero-order valence-electron chi connectivity index (χ0n) is 14.2. The molecule has 0 saturated carbocycles. The number of halogens is 1. The van der Waals surface area contributed by atoms with Gasteiger partial charge in [-0.1, -0.05) is 13.8 Å². The molecular weight excluding hydrogens is 346 g/mol. The average molecular weight is 370 g/mol. The summed E-state index contributed by atoms with van der Waals surface area (Å²) < 4.78 is 5.42. The molecule has 5 nitrogen and oxygen atoms in total. The normalized spacial score (nSPS) is 10.4. The van der Waals surface area contributed by atoms with E-state index in [2.05, 4.69) is 24.1 Å². The molecule has 0 spiro atoms. The summed E-state index contributed by atoms with van der Waals surface area (Å²) in [5.74, 6) is 1.09. The van der Waals surface area contributed by atoms with Crippen molar-refractivity contribution in [3.05, 3.63) is 39.8 Å². The van der Waals surface area contributed by atoms with Crippen molar-refractivity contribution in [2.45, 2.75) is 27.2 Å². The van der Waals surface area contributed by atoms with Gasteiger partial charge in [0.05, 0.1) is 10.7 Å². The number of anilines is 1. The lowest BCUT2D eigenvalue weighted by molar-refractivity contribution is 0.102. The predicted molar refractivity (Wildman–Crippen MR) is 102 cm³/mol. The fraction of sp³-hybridized carbons (Fsp3) is 0.412. The highest BCUT2D eigenvalue weighted by atomic mass is 35.5. The largest absolute Gasteiger partial charge is 0.492 e. The van der Waals surface area contributed by atoms with Crippen LogP contribution < -0.4 is 15.8 Å². The molecule has 0 aliphatic carbocycles. The molecule has 2 rings (SSSR count). The molecule has 1 aromatic carbocycles. The van der Waals surface area contributed by atoms with Crippen molar-refractivity contribution in [2.24, 2.45) is 11.7 Å². The van der Waals surface area contributed by atoms with Crippen molar-refractivity contribution < 1.29 is 9.53 Å². The number of carbonyl (C=O) groups excluding carboxylic acids is 1. The number of nitrogens with two attached hydrogens (primary N) is 1. The number of thiazole rings is 1. The third-order valence-electron chi connectivity index (χ3n) is 3.11. The molecule has 2 aromatic rings. The molecule has 24 heavy (non-hydrogen) atoms. The number of hydrogen-bond acceptors (Lipinski definition) is 5. The van der Waals surface area contributed by atoms with Gasteiger partial charge in [0.2, 0.25) is 0 Å². The van der Waals surface area contributed by atoms with E-state index in [-0.39, 0.29) is 18.3 Å². The Morgan fingerprint density at radius 2 is 2.00 bits per heavy atom. The van der Waals surface area contributed by atoms with Gasteiger partial charge < -0.3 is 15.8 Å². The van der Waals surface area contributed by atoms with E-state index in [0.717, 1.165) is 28.6 Å². The van der Waals surface area contributed by atoms with Gasteiger partial charge >= 0.3 is 0 Å². The molecule has 0 radical (unpaired) electrons. The highest BCUT2D eigenvalue weighted by Gasteiger charge is 2.17. The minimum Gasteiger partial charge on any atom is -0.492 e. The maximum atomic E-state index is 12.5. The minimum atomic E-state index is -0.109. The number of amides is 1. The fourth-order valence-corrected chi connectivity index (χ4v) is 3.01. The van der Waals surface area contributed by atoms with Gasteiger partial charge in [0.25, 0.3) is 5.91 Å². The van der Waals surface area contributed by atoms with Crippen LogP contribution in [0.15, 0.2) is 24.3 Å². The predicted octanol–water partition coefficient (Wildman–Crippen LogP) is 3.66. The molecular formula is C17H24ClN3O2S. The fourth-order valence-electron chi connectivity index (χ4n) is 2.17. The monoisotopic (exact) mass is 369 g/mol. The Kier molecular flexibility index (Phi) is 8.18. The van der Waals surface area contributed by atoms with Crippen molar-refractivity contribution in [3.8, 4) is 5.75 Å². The Bertz CT molecular complexity index is 656. The van der Waals surface area contributed by atoms with Crippen LogP contribution in [0.25, 0.3) is 0 Å². The Morgan fingerprint density at radius 3 is 2.58 bits per heavy atom. The minimum absolute atomic E-state index is 0. The summed E-state index contributed by atoms with van der Waals surface area (Å²) in [6.45, 7) is 7.12. The van der Waals surface area contributed by atoms with Crippen LogP contribution in [0, 0.1) is 12.8 Å². The molecule has 0 bridgehead atoms. The molecule has 1 aromatic heterocycles. The zero-order valence-corrected chi connectivity index (χ0v) is 15.8. The van der Waals surface area contributed by atoms with Gasteiger partial charge in [0.15, 0.2) is 0 Å². The number of hydrogen-bond donors (Lipinski definition) is 2. The lowest BCUT2D eigenvalue weighted by atomic mass is 10.1. The molecule has 1 heterocycles. The lowest BCUT2D eigenvalue weighted by Gasteiger charge is -2.08. The highest BCUT2D eigenvalue weighted by Crippen LogP contribution is 2.23. The number of carbonyl (C=O) groups is 1. The number of rotatable bonds is 7. The molecule has 0 aliphatic rings. The van der Waals surface area contributed by atoms with Gasteiger partial charge in [-0.3, -0.25) is 4.79 Å². The van der Waals surface area contributed by atoms with E-state index in [4.69, 9.17) is 10.5 Å². The van der Waals surface area contributed by atoms with Crippen LogP contribution in [-0.4, -0.2) is 24.0 Å². The summed E-state index contributed by atoms with van der Waals surface area (Å²) in [6.07, 6.45) is 0.805. The molecule has 0 atom stereocenters. The van der Waals surface area contributed by atoms with Crippen molar-refractivity contribution >= 4 is 35.3 Å². The summed E-state index contributed by atoms with van der Waals surface area (Å²) in [4.78, 5) is 17.7.